The van der Waals surface area contributed by atoms with Gasteiger partial charge in [0.1, 0.15) is 0 Å². The molecule has 0 saturated carbocycles. The number of terminal acetylenes is 1. The molecular weight excluding hydrogens is 419 g/mol. The molecule has 0 N–H and O–H groups in total. The number of thiazole rings is 1. The maximum Gasteiger partial charge on any atom is 0.338 e. The van der Waals surface area contributed by atoms with Crippen molar-refractivity contribution in [3.8, 4) is 12.3 Å². The van der Waals surface area contributed by atoms with E-state index in [0.29, 0.717) is 15.4 Å². The molecule has 1 amide bonds. The third-order valence-corrected chi connectivity index (χ3v) is 5.39. The van der Waals surface area contributed by atoms with Gasteiger partial charge in [-0.3, -0.25) is 4.79 Å². The number of hydrogen-bond acceptors (Lipinski definition) is 4. The Balaban J connectivity index is 2.12. The average molecular weight is 433 g/mol. The van der Waals surface area contributed by atoms with Gasteiger partial charge in [-0.2, -0.15) is 4.99 Å². The summed E-state index contributed by atoms with van der Waals surface area (Å²) in [6, 6.07) is 9.69. The molecule has 0 aliphatic heterocycles. The predicted molar refractivity (Wildman–Crippen MR) is 111 cm³/mol. The third-order valence-electron chi connectivity index (χ3n) is 3.80. The minimum atomic E-state index is -0.510. The number of rotatable bonds is 4. The maximum absolute atomic E-state index is 12.6. The van der Waals surface area contributed by atoms with Crippen LogP contribution in [0.4, 0.5) is 0 Å². The lowest BCUT2D eigenvalue weighted by atomic mass is 10.2. The van der Waals surface area contributed by atoms with Crippen LogP contribution in [0.25, 0.3) is 10.2 Å². The van der Waals surface area contributed by atoms with Gasteiger partial charge >= 0.3 is 5.97 Å². The quantitative estimate of drug-likeness (QED) is 0.448. The molecule has 28 heavy (non-hydrogen) atoms. The van der Waals surface area contributed by atoms with E-state index < -0.39 is 11.9 Å². The summed E-state index contributed by atoms with van der Waals surface area (Å²) in [7, 11) is 0. The van der Waals surface area contributed by atoms with E-state index in [9.17, 15) is 9.59 Å². The second kappa shape index (κ2) is 8.61. The number of halogens is 2. The van der Waals surface area contributed by atoms with Gasteiger partial charge in [-0.15, -0.1) is 6.42 Å². The number of ether oxygens (including phenoxy) is 1. The fraction of sp³-hybridized carbons (Fsp3) is 0.150. The normalized spacial score (nSPS) is 11.4. The fourth-order valence-electron chi connectivity index (χ4n) is 2.55. The molecule has 0 aliphatic rings. The van der Waals surface area contributed by atoms with E-state index >= 15 is 0 Å². The van der Waals surface area contributed by atoms with Crippen molar-refractivity contribution in [2.45, 2.75) is 13.5 Å². The first kappa shape index (κ1) is 20.2. The SMILES string of the molecule is C#CCn1c(=NC(=O)c2ccc(Cl)cc2Cl)sc2cc(C(=O)OCC)ccc21. The Labute approximate surface area is 175 Å². The van der Waals surface area contributed by atoms with Crippen LogP contribution in [-0.2, 0) is 11.3 Å². The van der Waals surface area contributed by atoms with E-state index in [2.05, 4.69) is 10.9 Å². The van der Waals surface area contributed by atoms with Gasteiger partial charge in [0.2, 0.25) is 0 Å². The predicted octanol–water partition coefficient (Wildman–Crippen LogP) is 4.56. The molecular formula is C20H14Cl2N2O3S. The topological polar surface area (TPSA) is 60.7 Å². The van der Waals surface area contributed by atoms with E-state index in [0.717, 1.165) is 10.2 Å². The van der Waals surface area contributed by atoms with Crippen LogP contribution in [0.2, 0.25) is 10.0 Å². The van der Waals surface area contributed by atoms with Crippen molar-refractivity contribution in [2.24, 2.45) is 4.99 Å². The van der Waals surface area contributed by atoms with Crippen LogP contribution < -0.4 is 4.80 Å². The minimum absolute atomic E-state index is 0.218. The molecule has 0 spiro atoms. The number of carbonyl (C=O) groups excluding carboxylic acids is 2. The van der Waals surface area contributed by atoms with E-state index in [1.54, 1.807) is 35.8 Å². The van der Waals surface area contributed by atoms with Gasteiger partial charge in [-0.05, 0) is 43.3 Å². The first-order valence-corrected chi connectivity index (χ1v) is 9.80. The Morgan fingerprint density at radius 1 is 1.25 bits per heavy atom. The van der Waals surface area contributed by atoms with Crippen molar-refractivity contribution < 1.29 is 14.3 Å². The van der Waals surface area contributed by atoms with E-state index in [1.807, 2.05) is 0 Å². The van der Waals surface area contributed by atoms with Crippen molar-refractivity contribution in [3.05, 3.63) is 62.4 Å². The number of benzene rings is 2. The first-order valence-electron chi connectivity index (χ1n) is 8.22. The Kier molecular flexibility index (Phi) is 6.20. The number of nitrogens with zero attached hydrogens (tertiary/aromatic N) is 2. The first-order chi connectivity index (χ1) is 13.4. The van der Waals surface area contributed by atoms with Crippen molar-refractivity contribution in [1.82, 2.24) is 4.57 Å². The summed E-state index contributed by atoms with van der Waals surface area (Å²) in [5.74, 6) is 1.63. The molecule has 0 radical (unpaired) electrons. The summed E-state index contributed by atoms with van der Waals surface area (Å²) < 4.78 is 7.52. The summed E-state index contributed by atoms with van der Waals surface area (Å²) >= 11 is 13.2. The summed E-state index contributed by atoms with van der Waals surface area (Å²) in [5, 5.41) is 0.646. The maximum atomic E-state index is 12.6. The number of amides is 1. The largest absolute Gasteiger partial charge is 0.462 e. The van der Waals surface area contributed by atoms with Crippen molar-refractivity contribution in [1.29, 1.82) is 0 Å². The van der Waals surface area contributed by atoms with Gasteiger partial charge in [-0.1, -0.05) is 40.5 Å². The Bertz CT molecular complexity index is 1190. The van der Waals surface area contributed by atoms with Crippen LogP contribution in [0.1, 0.15) is 27.6 Å². The average Bonchev–Trinajstić information content (AvgIpc) is 2.98. The fourth-order valence-corrected chi connectivity index (χ4v) is 4.11. The lowest BCUT2D eigenvalue weighted by Gasteiger charge is -2.03. The second-order valence-corrected chi connectivity index (χ2v) is 7.47. The van der Waals surface area contributed by atoms with Crippen LogP contribution in [-0.4, -0.2) is 23.1 Å². The third kappa shape index (κ3) is 4.12. The molecule has 142 valence electrons. The lowest BCUT2D eigenvalue weighted by Crippen LogP contribution is -2.16. The van der Waals surface area contributed by atoms with Crippen molar-refractivity contribution in [2.75, 3.05) is 6.61 Å². The van der Waals surface area contributed by atoms with E-state index in [1.165, 1.54) is 23.5 Å². The van der Waals surface area contributed by atoms with E-state index in [-0.39, 0.29) is 23.7 Å². The van der Waals surface area contributed by atoms with Crippen LogP contribution in [0.15, 0.2) is 41.4 Å². The molecule has 0 atom stereocenters. The Morgan fingerprint density at radius 3 is 2.71 bits per heavy atom. The number of esters is 1. The molecule has 0 fully saturated rings. The molecule has 2 aromatic carbocycles. The highest BCUT2D eigenvalue weighted by molar-refractivity contribution is 7.16. The number of hydrogen-bond donors (Lipinski definition) is 0. The molecule has 0 unspecified atom stereocenters. The zero-order chi connectivity index (χ0) is 20.3. The number of carbonyl (C=O) groups is 2. The highest BCUT2D eigenvalue weighted by Gasteiger charge is 2.14. The monoisotopic (exact) mass is 432 g/mol. The van der Waals surface area contributed by atoms with Crippen LogP contribution in [0.3, 0.4) is 0 Å². The number of fused-ring (bicyclic) bond motifs is 1. The summed E-state index contributed by atoms with van der Waals surface area (Å²) in [6.07, 6.45) is 5.48. The molecule has 0 saturated heterocycles. The Morgan fingerprint density at radius 2 is 2.04 bits per heavy atom. The molecule has 0 aliphatic carbocycles. The molecule has 3 aromatic rings. The standard InChI is InChI=1S/C20H14Cl2N2O3S/c1-3-9-24-16-8-5-12(19(26)27-4-2)10-17(16)28-20(24)23-18(25)14-7-6-13(21)11-15(14)22/h1,5-8,10-11H,4,9H2,2H3. The zero-order valence-corrected chi connectivity index (χ0v) is 17.1. The summed E-state index contributed by atoms with van der Waals surface area (Å²) in [4.78, 5) is 29.2. The minimum Gasteiger partial charge on any atom is -0.462 e. The summed E-state index contributed by atoms with van der Waals surface area (Å²) in [5.41, 5.74) is 1.43. The zero-order valence-electron chi connectivity index (χ0n) is 14.7. The molecule has 0 bridgehead atoms. The molecule has 3 rings (SSSR count). The van der Waals surface area contributed by atoms with Crippen molar-refractivity contribution in [3.63, 3.8) is 0 Å². The molecule has 1 aromatic heterocycles. The van der Waals surface area contributed by atoms with Gasteiger partial charge in [-0.25, -0.2) is 4.79 Å². The highest BCUT2D eigenvalue weighted by Crippen LogP contribution is 2.23. The van der Waals surface area contributed by atoms with Gasteiger partial charge in [0.25, 0.3) is 5.91 Å². The highest BCUT2D eigenvalue weighted by atomic mass is 35.5. The van der Waals surface area contributed by atoms with Gasteiger partial charge in [0, 0.05) is 5.02 Å². The molecule has 1 heterocycles. The summed E-state index contributed by atoms with van der Waals surface area (Å²) in [6.45, 7) is 2.25. The molecule has 5 nitrogen and oxygen atoms in total. The van der Waals surface area contributed by atoms with E-state index in [4.69, 9.17) is 34.4 Å². The second-order valence-electron chi connectivity index (χ2n) is 5.62. The Hall–Kier alpha value is -2.59. The van der Waals surface area contributed by atoms with Crippen LogP contribution in [0.5, 0.6) is 0 Å². The van der Waals surface area contributed by atoms with Gasteiger partial charge < -0.3 is 9.30 Å². The lowest BCUT2D eigenvalue weighted by molar-refractivity contribution is 0.0526. The smallest absolute Gasteiger partial charge is 0.338 e. The van der Waals surface area contributed by atoms with Gasteiger partial charge in [0.05, 0.1) is 39.5 Å². The van der Waals surface area contributed by atoms with Crippen LogP contribution in [0, 0.1) is 12.3 Å². The number of aromatic nitrogens is 1. The van der Waals surface area contributed by atoms with Crippen LogP contribution >= 0.6 is 34.5 Å². The van der Waals surface area contributed by atoms with Gasteiger partial charge in [0.15, 0.2) is 4.80 Å². The molecule has 8 heteroatoms. The van der Waals surface area contributed by atoms with Crippen molar-refractivity contribution >= 4 is 56.6 Å².